The van der Waals surface area contributed by atoms with E-state index in [0.29, 0.717) is 44.6 Å². The van der Waals surface area contributed by atoms with Gasteiger partial charge in [0.15, 0.2) is 0 Å². The van der Waals surface area contributed by atoms with Crippen molar-refractivity contribution in [3.63, 3.8) is 0 Å². The molecule has 3 fully saturated rings. The Hall–Kier alpha value is -3.31. The number of thioether (sulfide) groups is 1. The summed E-state index contributed by atoms with van der Waals surface area (Å²) in [5, 5.41) is 2.00. The van der Waals surface area contributed by atoms with Gasteiger partial charge >= 0.3 is 6.03 Å². The lowest BCUT2D eigenvalue weighted by Crippen LogP contribution is -2.50. The highest BCUT2D eigenvalue weighted by atomic mass is 32.2. The Balaban J connectivity index is 1.13. The van der Waals surface area contributed by atoms with Crippen LogP contribution in [0, 0.1) is 11.2 Å². The molecule has 4 aliphatic heterocycles. The van der Waals surface area contributed by atoms with Gasteiger partial charge in [-0.25, -0.2) is 9.18 Å². The van der Waals surface area contributed by atoms with Gasteiger partial charge in [-0.1, -0.05) is 45.0 Å². The number of para-hydroxylation sites is 1. The second-order valence-electron chi connectivity index (χ2n) is 14.6. The molecule has 4 amide bonds. The number of benzene rings is 2. The summed E-state index contributed by atoms with van der Waals surface area (Å²) in [7, 11) is 2.10. The van der Waals surface area contributed by atoms with Crippen molar-refractivity contribution in [3.8, 4) is 0 Å². The zero-order valence-corrected chi connectivity index (χ0v) is 29.0. The van der Waals surface area contributed by atoms with Crippen LogP contribution in [-0.4, -0.2) is 108 Å². The van der Waals surface area contributed by atoms with Crippen LogP contribution in [0.5, 0.6) is 0 Å². The maximum atomic E-state index is 15.8. The zero-order chi connectivity index (χ0) is 33.3. The number of fused-ring (bicyclic) bond motifs is 1. The number of anilines is 2. The number of carbonyl (C=O) groups is 3. The molecule has 0 aliphatic carbocycles. The van der Waals surface area contributed by atoms with Crippen molar-refractivity contribution in [1.82, 2.24) is 19.6 Å². The number of halogens is 1. The number of likely N-dealkylation sites (N-methyl/N-ethyl adjacent to an activating group) is 1. The van der Waals surface area contributed by atoms with Gasteiger partial charge in [-0.3, -0.25) is 9.59 Å². The van der Waals surface area contributed by atoms with Gasteiger partial charge < -0.3 is 29.8 Å². The van der Waals surface area contributed by atoms with E-state index in [1.54, 1.807) is 6.07 Å². The van der Waals surface area contributed by atoms with Crippen LogP contribution in [0.15, 0.2) is 42.5 Å². The largest absolute Gasteiger partial charge is 0.369 e. The lowest BCUT2D eigenvalue weighted by atomic mass is 9.92. The second kappa shape index (κ2) is 14.0. The molecule has 254 valence electrons. The highest BCUT2D eigenvalue weighted by molar-refractivity contribution is 8.01. The van der Waals surface area contributed by atoms with E-state index < -0.39 is 10.6 Å². The molecule has 2 aromatic carbocycles. The van der Waals surface area contributed by atoms with Crippen LogP contribution in [0.25, 0.3) is 0 Å². The van der Waals surface area contributed by atoms with Crippen LogP contribution < -0.4 is 10.2 Å². The third kappa shape index (κ3) is 7.56. The summed E-state index contributed by atoms with van der Waals surface area (Å²) < 4.78 is 15.8. The van der Waals surface area contributed by atoms with E-state index in [2.05, 4.69) is 49.0 Å². The smallest absolute Gasteiger partial charge is 0.322 e. The third-order valence-corrected chi connectivity index (χ3v) is 11.6. The quantitative estimate of drug-likeness (QED) is 0.426. The van der Waals surface area contributed by atoms with E-state index in [0.717, 1.165) is 56.0 Å². The van der Waals surface area contributed by atoms with Crippen molar-refractivity contribution in [2.45, 2.75) is 69.5 Å². The molecule has 0 bridgehead atoms. The van der Waals surface area contributed by atoms with Gasteiger partial charge in [0.2, 0.25) is 11.8 Å². The Morgan fingerprint density at radius 3 is 2.40 bits per heavy atom. The fourth-order valence-electron chi connectivity index (χ4n) is 7.18. The van der Waals surface area contributed by atoms with Crippen LogP contribution in [-0.2, 0) is 16.0 Å². The Labute approximate surface area is 282 Å². The number of piperazine rings is 1. The molecule has 6 rings (SSSR count). The average molecular weight is 665 g/mol. The van der Waals surface area contributed by atoms with Crippen molar-refractivity contribution in [2.75, 3.05) is 69.6 Å². The average Bonchev–Trinajstić information content (AvgIpc) is 3.23. The van der Waals surface area contributed by atoms with E-state index in [1.807, 2.05) is 39.0 Å². The number of likely N-dealkylation sites (tertiary alicyclic amines) is 1. The molecule has 4 aliphatic rings. The van der Waals surface area contributed by atoms with Crippen molar-refractivity contribution in [3.05, 3.63) is 59.4 Å². The first-order valence-corrected chi connectivity index (χ1v) is 18.0. The van der Waals surface area contributed by atoms with Crippen LogP contribution in [0.4, 0.5) is 20.6 Å². The monoisotopic (exact) mass is 664 g/mol. The van der Waals surface area contributed by atoms with Gasteiger partial charge in [-0.05, 0) is 61.9 Å². The summed E-state index contributed by atoms with van der Waals surface area (Å²) >= 11 is 1.43. The van der Waals surface area contributed by atoms with Crippen LogP contribution in [0.3, 0.4) is 0 Å². The van der Waals surface area contributed by atoms with E-state index >= 15 is 4.39 Å². The molecule has 4 heterocycles. The fraction of sp³-hybridized carbons (Fsp3) is 0.583. The number of nitrogens with zero attached hydrogens (tertiary/aromatic N) is 5. The third-order valence-electron chi connectivity index (χ3n) is 10.1. The lowest BCUT2D eigenvalue weighted by molar-refractivity contribution is -0.137. The Morgan fingerprint density at radius 2 is 1.68 bits per heavy atom. The van der Waals surface area contributed by atoms with E-state index in [4.69, 9.17) is 0 Å². The molecule has 3 saturated heterocycles. The molecule has 9 nitrogen and oxygen atoms in total. The maximum Gasteiger partial charge on any atom is 0.322 e. The van der Waals surface area contributed by atoms with Crippen LogP contribution >= 0.6 is 11.8 Å². The first-order chi connectivity index (χ1) is 22.5. The highest BCUT2D eigenvalue weighted by Crippen LogP contribution is 2.49. The van der Waals surface area contributed by atoms with E-state index in [1.165, 1.54) is 17.8 Å². The topological polar surface area (TPSA) is 79.4 Å². The first-order valence-electron chi connectivity index (χ1n) is 17.1. The molecule has 0 radical (unpaired) electrons. The highest BCUT2D eigenvalue weighted by Gasteiger charge is 2.45. The molecule has 0 spiro atoms. The van der Waals surface area contributed by atoms with E-state index in [-0.39, 0.29) is 41.5 Å². The van der Waals surface area contributed by atoms with Crippen molar-refractivity contribution >= 4 is 41.0 Å². The molecule has 47 heavy (non-hydrogen) atoms. The summed E-state index contributed by atoms with van der Waals surface area (Å²) in [4.78, 5) is 50.9. The van der Waals surface area contributed by atoms with Gasteiger partial charge in [0.1, 0.15) is 11.2 Å². The molecule has 2 unspecified atom stereocenters. The van der Waals surface area contributed by atoms with Gasteiger partial charge in [0.05, 0.1) is 5.25 Å². The number of nitrogens with one attached hydrogen (secondary N) is 1. The zero-order valence-electron chi connectivity index (χ0n) is 28.2. The number of rotatable bonds is 7. The minimum absolute atomic E-state index is 0.00365. The molecule has 2 atom stereocenters. The molecule has 0 aromatic heterocycles. The molecule has 2 aromatic rings. The molecule has 11 heteroatoms. The fourth-order valence-corrected chi connectivity index (χ4v) is 8.70. The van der Waals surface area contributed by atoms with Gasteiger partial charge in [-0.2, -0.15) is 0 Å². The SMILES string of the molecule is CN1CCN(c2cccc(F)c2C2SC(CC(=O)N3CCC(N4CCc5ccccc5NC4=O)CC3)C(=O)N2CCC(C)(C)C)CC1. The Kier molecular flexibility index (Phi) is 10.0. The molecular formula is C36H49FN6O3S. The maximum absolute atomic E-state index is 15.8. The van der Waals surface area contributed by atoms with Gasteiger partial charge in [-0.15, -0.1) is 11.8 Å². The first kappa shape index (κ1) is 33.6. The van der Waals surface area contributed by atoms with Gasteiger partial charge in [0, 0.05) is 81.8 Å². The number of piperidine rings is 1. The van der Waals surface area contributed by atoms with Gasteiger partial charge in [0.25, 0.3) is 0 Å². The van der Waals surface area contributed by atoms with Crippen molar-refractivity contribution in [2.24, 2.45) is 5.41 Å². The number of carbonyl (C=O) groups excluding carboxylic acids is 3. The summed E-state index contributed by atoms with van der Waals surface area (Å²) in [6.07, 6.45) is 3.06. The Bertz CT molecular complexity index is 1470. The predicted molar refractivity (Wildman–Crippen MR) is 186 cm³/mol. The summed E-state index contributed by atoms with van der Waals surface area (Å²) in [6.45, 7) is 12.1. The van der Waals surface area contributed by atoms with Crippen LogP contribution in [0.1, 0.15) is 63.0 Å². The standard InChI is InChI=1S/C36H49FN6O3S/c1-36(2,3)15-19-43-33(45)30(47-34(43)32-27(37)9-7-11-29(32)40-22-20-39(4)21-23-40)24-31(44)41-16-13-26(14-17-41)42-18-12-25-8-5-6-10-28(25)38-35(42)46/h5-11,26,30,34H,12-24H2,1-4H3,(H,38,46). The minimum Gasteiger partial charge on any atom is -0.369 e. The predicted octanol–water partition coefficient (Wildman–Crippen LogP) is 5.43. The lowest BCUT2D eigenvalue weighted by Gasteiger charge is -2.38. The van der Waals surface area contributed by atoms with Crippen LogP contribution in [0.2, 0.25) is 0 Å². The molecular weight excluding hydrogens is 616 g/mol. The van der Waals surface area contributed by atoms with Crippen molar-refractivity contribution in [1.29, 1.82) is 0 Å². The second-order valence-corrected chi connectivity index (χ2v) is 15.9. The summed E-state index contributed by atoms with van der Waals surface area (Å²) in [6, 6.07) is 13.1. The number of hydrogen-bond donors (Lipinski definition) is 1. The number of hydrogen-bond acceptors (Lipinski definition) is 6. The van der Waals surface area contributed by atoms with Crippen molar-refractivity contribution < 1.29 is 18.8 Å². The minimum atomic E-state index is -0.569. The number of amides is 4. The summed E-state index contributed by atoms with van der Waals surface area (Å²) in [5.41, 5.74) is 3.40. The summed E-state index contributed by atoms with van der Waals surface area (Å²) in [5.74, 6) is -0.436. The molecule has 1 N–H and O–H groups in total. The van der Waals surface area contributed by atoms with E-state index in [9.17, 15) is 14.4 Å². The Morgan fingerprint density at radius 1 is 0.957 bits per heavy atom. The molecule has 0 saturated carbocycles. The normalized spacial score (nSPS) is 23.2. The number of urea groups is 1.